The van der Waals surface area contributed by atoms with Crippen molar-refractivity contribution in [2.24, 2.45) is 0 Å². The Morgan fingerprint density at radius 1 is 1.09 bits per heavy atom. The van der Waals surface area contributed by atoms with Crippen molar-refractivity contribution in [1.29, 1.82) is 0 Å². The Bertz CT molecular complexity index is 1010. The molecule has 170 valence electrons. The highest BCUT2D eigenvalue weighted by Gasteiger charge is 2.47. The highest BCUT2D eigenvalue weighted by atomic mass is 16.5. The molecule has 32 heavy (non-hydrogen) atoms. The van der Waals surface area contributed by atoms with Crippen LogP contribution in [0.4, 0.5) is 0 Å². The van der Waals surface area contributed by atoms with Crippen LogP contribution in [0.15, 0.2) is 46.6 Å². The third kappa shape index (κ3) is 4.09. The van der Waals surface area contributed by atoms with E-state index in [1.165, 1.54) is 25.4 Å². The summed E-state index contributed by atoms with van der Waals surface area (Å²) in [6.45, 7) is 3.71. The van der Waals surface area contributed by atoms with E-state index in [1.54, 1.807) is 30.3 Å². The molecule has 2 aliphatic rings. The standard InChI is InChI=1S/C23H26N2O7/c1-29-16-6-5-15(14-18(16)30-2)21(26)19-20(17-4-3-11-32-17)25(23(28)22(19)27)8-7-24-9-12-31-13-10-24/h3-6,11,14,20,26H,7-10,12-13H2,1-2H3. The number of Topliss-reactive ketones (excluding diaryl/α,β-unsaturated/α-hetero) is 1. The molecule has 0 spiro atoms. The quantitative estimate of drug-likeness (QED) is 0.395. The van der Waals surface area contributed by atoms with E-state index in [2.05, 4.69) is 4.90 Å². The average Bonchev–Trinajstić information content (AvgIpc) is 3.44. The number of carbonyl (C=O) groups excluding carboxylic acids is 2. The minimum atomic E-state index is -0.820. The SMILES string of the molecule is COc1ccc(C(O)=C2C(=O)C(=O)N(CCN3CCOCC3)C2c2ccco2)cc1OC. The average molecular weight is 442 g/mol. The van der Waals surface area contributed by atoms with Crippen LogP contribution in [-0.4, -0.2) is 80.2 Å². The van der Waals surface area contributed by atoms with Gasteiger partial charge in [0, 0.05) is 31.7 Å². The first-order valence-electron chi connectivity index (χ1n) is 10.4. The van der Waals surface area contributed by atoms with Gasteiger partial charge in [-0.15, -0.1) is 0 Å². The van der Waals surface area contributed by atoms with Gasteiger partial charge in [-0.1, -0.05) is 0 Å². The van der Waals surface area contributed by atoms with Gasteiger partial charge in [-0.2, -0.15) is 0 Å². The fourth-order valence-corrected chi connectivity index (χ4v) is 4.07. The molecule has 1 amide bonds. The summed E-state index contributed by atoms with van der Waals surface area (Å²) < 4.78 is 21.5. The number of aliphatic hydroxyl groups excluding tert-OH is 1. The van der Waals surface area contributed by atoms with Gasteiger partial charge in [0.2, 0.25) is 0 Å². The fourth-order valence-electron chi connectivity index (χ4n) is 4.07. The van der Waals surface area contributed by atoms with Crippen molar-refractivity contribution in [2.75, 3.05) is 53.6 Å². The van der Waals surface area contributed by atoms with Crippen molar-refractivity contribution >= 4 is 17.4 Å². The number of ketones is 1. The van der Waals surface area contributed by atoms with Gasteiger partial charge in [0.1, 0.15) is 17.6 Å². The van der Waals surface area contributed by atoms with Crippen LogP contribution in [0.3, 0.4) is 0 Å². The molecule has 0 bridgehead atoms. The van der Waals surface area contributed by atoms with Crippen LogP contribution in [0, 0.1) is 0 Å². The number of morpholine rings is 1. The summed E-state index contributed by atoms with van der Waals surface area (Å²) in [7, 11) is 2.99. The molecule has 0 saturated carbocycles. The summed E-state index contributed by atoms with van der Waals surface area (Å²) in [6, 6.07) is 7.36. The monoisotopic (exact) mass is 442 g/mol. The zero-order chi connectivity index (χ0) is 22.7. The normalized spacial score (nSPS) is 21.2. The third-order valence-electron chi connectivity index (χ3n) is 5.77. The molecule has 2 fully saturated rings. The second-order valence-electron chi connectivity index (χ2n) is 7.53. The van der Waals surface area contributed by atoms with E-state index in [1.807, 2.05) is 0 Å². The smallest absolute Gasteiger partial charge is 0.295 e. The van der Waals surface area contributed by atoms with Gasteiger partial charge in [0.15, 0.2) is 11.5 Å². The molecular weight excluding hydrogens is 416 g/mol. The van der Waals surface area contributed by atoms with Crippen LogP contribution < -0.4 is 9.47 Å². The number of methoxy groups -OCH3 is 2. The number of furan rings is 1. The second kappa shape index (κ2) is 9.46. The van der Waals surface area contributed by atoms with Crippen LogP contribution in [0.1, 0.15) is 17.4 Å². The Morgan fingerprint density at radius 3 is 2.50 bits per heavy atom. The van der Waals surface area contributed by atoms with E-state index in [0.29, 0.717) is 49.1 Å². The third-order valence-corrected chi connectivity index (χ3v) is 5.77. The molecule has 2 aliphatic heterocycles. The molecule has 1 unspecified atom stereocenters. The maximum atomic E-state index is 13.0. The van der Waals surface area contributed by atoms with Gasteiger partial charge in [0.05, 0.1) is 39.3 Å². The Labute approximate surface area is 185 Å². The lowest BCUT2D eigenvalue weighted by Gasteiger charge is -2.30. The van der Waals surface area contributed by atoms with E-state index in [9.17, 15) is 14.7 Å². The van der Waals surface area contributed by atoms with Gasteiger partial charge in [-0.3, -0.25) is 14.5 Å². The van der Waals surface area contributed by atoms with Crippen LogP contribution in [0.5, 0.6) is 11.5 Å². The van der Waals surface area contributed by atoms with Crippen LogP contribution >= 0.6 is 0 Å². The first-order valence-corrected chi connectivity index (χ1v) is 10.4. The molecule has 9 nitrogen and oxygen atoms in total. The Morgan fingerprint density at radius 2 is 1.84 bits per heavy atom. The molecule has 1 aromatic heterocycles. The number of benzene rings is 1. The lowest BCUT2D eigenvalue weighted by Crippen LogP contribution is -2.42. The number of ether oxygens (including phenoxy) is 3. The summed E-state index contributed by atoms with van der Waals surface area (Å²) >= 11 is 0. The lowest BCUT2D eigenvalue weighted by molar-refractivity contribution is -0.140. The Kier molecular flexibility index (Phi) is 6.48. The zero-order valence-electron chi connectivity index (χ0n) is 18.1. The molecule has 9 heteroatoms. The maximum absolute atomic E-state index is 13.0. The minimum absolute atomic E-state index is 0.0147. The van der Waals surface area contributed by atoms with E-state index in [-0.39, 0.29) is 11.3 Å². The van der Waals surface area contributed by atoms with Gasteiger partial charge in [-0.05, 0) is 30.3 Å². The highest BCUT2D eigenvalue weighted by molar-refractivity contribution is 6.46. The molecule has 2 saturated heterocycles. The summed E-state index contributed by atoms with van der Waals surface area (Å²) in [5.74, 6) is -0.416. The number of amides is 1. The molecule has 4 rings (SSSR count). The van der Waals surface area contributed by atoms with E-state index >= 15 is 0 Å². The van der Waals surface area contributed by atoms with Crippen molar-refractivity contribution in [1.82, 2.24) is 9.80 Å². The van der Waals surface area contributed by atoms with E-state index in [0.717, 1.165) is 13.1 Å². The van der Waals surface area contributed by atoms with Crippen LogP contribution in [0.25, 0.3) is 5.76 Å². The number of hydrogen-bond donors (Lipinski definition) is 1. The predicted molar refractivity (Wildman–Crippen MR) is 115 cm³/mol. The second-order valence-corrected chi connectivity index (χ2v) is 7.53. The summed E-state index contributed by atoms with van der Waals surface area (Å²) in [5.41, 5.74) is 0.324. The van der Waals surface area contributed by atoms with Crippen LogP contribution in [0.2, 0.25) is 0 Å². The van der Waals surface area contributed by atoms with Crippen molar-refractivity contribution in [3.8, 4) is 11.5 Å². The molecule has 1 aromatic carbocycles. The molecule has 0 aliphatic carbocycles. The molecule has 2 aromatic rings. The van der Waals surface area contributed by atoms with Crippen LogP contribution in [-0.2, 0) is 14.3 Å². The first kappa shape index (κ1) is 21.9. The minimum Gasteiger partial charge on any atom is -0.507 e. The highest BCUT2D eigenvalue weighted by Crippen LogP contribution is 2.40. The molecule has 3 heterocycles. The van der Waals surface area contributed by atoms with Gasteiger partial charge in [0.25, 0.3) is 11.7 Å². The summed E-state index contributed by atoms with van der Waals surface area (Å²) in [6.07, 6.45) is 1.48. The number of rotatable bonds is 7. The number of nitrogens with zero attached hydrogens (tertiary/aromatic N) is 2. The maximum Gasteiger partial charge on any atom is 0.295 e. The number of hydrogen-bond acceptors (Lipinski definition) is 8. The first-order chi connectivity index (χ1) is 15.5. The molecular formula is C23H26N2O7. The number of likely N-dealkylation sites (tertiary alicyclic amines) is 1. The number of aliphatic hydroxyl groups is 1. The Balaban J connectivity index is 1.71. The zero-order valence-corrected chi connectivity index (χ0v) is 18.1. The molecule has 1 N–H and O–H groups in total. The van der Waals surface area contributed by atoms with Crippen molar-refractivity contribution in [3.05, 3.63) is 53.5 Å². The van der Waals surface area contributed by atoms with Gasteiger partial charge >= 0.3 is 0 Å². The predicted octanol–water partition coefficient (Wildman–Crippen LogP) is 2.05. The van der Waals surface area contributed by atoms with Crippen molar-refractivity contribution < 1.29 is 33.3 Å². The summed E-state index contributed by atoms with van der Waals surface area (Å²) in [4.78, 5) is 29.6. The fraction of sp³-hybridized carbons (Fsp3) is 0.391. The number of carbonyl (C=O) groups is 2. The van der Waals surface area contributed by atoms with Gasteiger partial charge < -0.3 is 28.6 Å². The van der Waals surface area contributed by atoms with Crippen molar-refractivity contribution in [3.63, 3.8) is 0 Å². The topological polar surface area (TPSA) is 102 Å². The van der Waals surface area contributed by atoms with E-state index < -0.39 is 17.7 Å². The Hall–Kier alpha value is -3.30. The molecule has 0 radical (unpaired) electrons. The largest absolute Gasteiger partial charge is 0.507 e. The van der Waals surface area contributed by atoms with Gasteiger partial charge in [-0.25, -0.2) is 0 Å². The summed E-state index contributed by atoms with van der Waals surface area (Å²) in [5, 5.41) is 11.1. The van der Waals surface area contributed by atoms with Crippen molar-refractivity contribution in [2.45, 2.75) is 6.04 Å². The van der Waals surface area contributed by atoms with E-state index in [4.69, 9.17) is 18.6 Å². The molecule has 1 atom stereocenters. The lowest BCUT2D eigenvalue weighted by atomic mass is 9.99.